The van der Waals surface area contributed by atoms with Gasteiger partial charge in [0.05, 0.1) is 0 Å². The van der Waals surface area contributed by atoms with Gasteiger partial charge in [-0.05, 0) is 37.7 Å². The topological polar surface area (TPSA) is 37.8 Å². The van der Waals surface area contributed by atoms with Gasteiger partial charge in [0.1, 0.15) is 5.82 Å². The minimum absolute atomic E-state index is 0.143. The first-order valence-electron chi connectivity index (χ1n) is 5.68. The second kappa shape index (κ2) is 4.95. The summed E-state index contributed by atoms with van der Waals surface area (Å²) in [6, 6.07) is 2.26. The van der Waals surface area contributed by atoms with Gasteiger partial charge in [-0.25, -0.2) is 0 Å². The molecule has 0 amide bonds. The SMILES string of the molecule is CC1(CNc2ccc(C(F)(F)F)nn2)CCCS1. The van der Waals surface area contributed by atoms with Crippen molar-refractivity contribution in [1.82, 2.24) is 10.2 Å². The zero-order valence-electron chi connectivity index (χ0n) is 9.92. The molecule has 0 aliphatic carbocycles. The minimum atomic E-state index is -4.43. The van der Waals surface area contributed by atoms with Crippen molar-refractivity contribution < 1.29 is 13.2 Å². The molecule has 0 radical (unpaired) electrons. The van der Waals surface area contributed by atoms with Crippen LogP contribution in [0.4, 0.5) is 19.0 Å². The molecule has 1 aliphatic rings. The number of anilines is 1. The molecule has 100 valence electrons. The van der Waals surface area contributed by atoms with Crippen molar-refractivity contribution in [2.45, 2.75) is 30.7 Å². The number of aromatic nitrogens is 2. The monoisotopic (exact) mass is 277 g/mol. The molecule has 1 saturated heterocycles. The second-order valence-electron chi connectivity index (χ2n) is 4.56. The Morgan fingerprint density at radius 2 is 2.17 bits per heavy atom. The Bertz CT molecular complexity index is 399. The molecule has 1 unspecified atom stereocenters. The van der Waals surface area contributed by atoms with Gasteiger partial charge in [0.2, 0.25) is 0 Å². The Hall–Kier alpha value is -0.980. The summed E-state index contributed by atoms with van der Waals surface area (Å²) in [5.41, 5.74) is -0.963. The largest absolute Gasteiger partial charge is 0.435 e. The van der Waals surface area contributed by atoms with Gasteiger partial charge in [-0.1, -0.05) is 0 Å². The van der Waals surface area contributed by atoms with Crippen LogP contribution in [0.1, 0.15) is 25.5 Å². The van der Waals surface area contributed by atoms with E-state index < -0.39 is 11.9 Å². The van der Waals surface area contributed by atoms with Crippen molar-refractivity contribution in [2.75, 3.05) is 17.6 Å². The number of alkyl halides is 3. The summed E-state index contributed by atoms with van der Waals surface area (Å²) in [6.45, 7) is 2.84. The Morgan fingerprint density at radius 1 is 1.39 bits per heavy atom. The molecule has 0 saturated carbocycles. The summed E-state index contributed by atoms with van der Waals surface area (Å²) in [4.78, 5) is 0. The number of rotatable bonds is 3. The molecule has 1 fully saturated rings. The highest BCUT2D eigenvalue weighted by molar-refractivity contribution is 8.00. The molecule has 3 nitrogen and oxygen atoms in total. The molecule has 0 bridgehead atoms. The van der Waals surface area contributed by atoms with Crippen molar-refractivity contribution in [1.29, 1.82) is 0 Å². The van der Waals surface area contributed by atoms with Gasteiger partial charge in [-0.2, -0.15) is 24.9 Å². The van der Waals surface area contributed by atoms with Crippen molar-refractivity contribution in [3.63, 3.8) is 0 Å². The standard InChI is InChI=1S/C11H14F3N3S/c1-10(5-2-6-18-10)7-15-9-4-3-8(16-17-9)11(12,13)14/h3-4H,2,5-7H2,1H3,(H,15,17). The highest BCUT2D eigenvalue weighted by Gasteiger charge is 2.33. The molecular weight excluding hydrogens is 263 g/mol. The maximum atomic E-state index is 12.3. The zero-order chi connectivity index (χ0) is 13.2. The molecule has 0 aromatic carbocycles. The number of hydrogen-bond acceptors (Lipinski definition) is 4. The first-order chi connectivity index (χ1) is 8.39. The Balaban J connectivity index is 1.94. The third kappa shape index (κ3) is 3.28. The van der Waals surface area contributed by atoms with Gasteiger partial charge >= 0.3 is 6.18 Å². The van der Waals surface area contributed by atoms with Crippen LogP contribution in [0, 0.1) is 0 Å². The van der Waals surface area contributed by atoms with Crippen LogP contribution in [0.3, 0.4) is 0 Å². The normalized spacial score (nSPS) is 24.2. The van der Waals surface area contributed by atoms with Crippen molar-refractivity contribution >= 4 is 17.6 Å². The zero-order valence-corrected chi connectivity index (χ0v) is 10.7. The third-order valence-corrected chi connectivity index (χ3v) is 4.44. The van der Waals surface area contributed by atoms with Crippen molar-refractivity contribution in [3.05, 3.63) is 17.8 Å². The van der Waals surface area contributed by atoms with E-state index in [1.807, 2.05) is 11.8 Å². The molecule has 1 atom stereocenters. The van der Waals surface area contributed by atoms with Crippen LogP contribution in [-0.2, 0) is 6.18 Å². The fraction of sp³-hybridized carbons (Fsp3) is 0.636. The number of nitrogens with one attached hydrogen (secondary N) is 1. The van der Waals surface area contributed by atoms with Crippen LogP contribution in [-0.4, -0.2) is 27.2 Å². The predicted octanol–water partition coefficient (Wildman–Crippen LogP) is 3.19. The van der Waals surface area contributed by atoms with Crippen LogP contribution >= 0.6 is 11.8 Å². The molecule has 1 N–H and O–H groups in total. The maximum Gasteiger partial charge on any atom is 0.435 e. The highest BCUT2D eigenvalue weighted by Crippen LogP contribution is 2.37. The highest BCUT2D eigenvalue weighted by atomic mass is 32.2. The van der Waals surface area contributed by atoms with Crippen LogP contribution in [0.5, 0.6) is 0 Å². The summed E-state index contributed by atoms with van der Waals surface area (Å²) in [6.07, 6.45) is -2.14. The molecule has 18 heavy (non-hydrogen) atoms. The maximum absolute atomic E-state index is 12.3. The van der Waals surface area contributed by atoms with E-state index in [0.717, 1.165) is 18.2 Å². The van der Waals surface area contributed by atoms with E-state index in [0.29, 0.717) is 12.4 Å². The number of hydrogen-bond donors (Lipinski definition) is 1. The molecule has 7 heteroatoms. The van der Waals surface area contributed by atoms with Gasteiger partial charge in [0.15, 0.2) is 5.69 Å². The van der Waals surface area contributed by atoms with E-state index in [9.17, 15) is 13.2 Å². The van der Waals surface area contributed by atoms with Crippen LogP contribution in [0.25, 0.3) is 0 Å². The van der Waals surface area contributed by atoms with E-state index >= 15 is 0 Å². The lowest BCUT2D eigenvalue weighted by Crippen LogP contribution is -2.27. The van der Waals surface area contributed by atoms with Crippen LogP contribution in [0.2, 0.25) is 0 Å². The van der Waals surface area contributed by atoms with E-state index in [1.165, 1.54) is 12.5 Å². The molecule has 2 rings (SSSR count). The minimum Gasteiger partial charge on any atom is -0.367 e. The summed E-state index contributed by atoms with van der Waals surface area (Å²) >= 11 is 1.88. The van der Waals surface area contributed by atoms with Gasteiger partial charge in [0, 0.05) is 11.3 Å². The predicted molar refractivity (Wildman–Crippen MR) is 65.6 cm³/mol. The van der Waals surface area contributed by atoms with Crippen LogP contribution in [0.15, 0.2) is 12.1 Å². The van der Waals surface area contributed by atoms with Gasteiger partial charge in [-0.3, -0.25) is 0 Å². The number of thioether (sulfide) groups is 1. The first kappa shape index (κ1) is 13.5. The van der Waals surface area contributed by atoms with Crippen molar-refractivity contribution in [2.24, 2.45) is 0 Å². The lowest BCUT2D eigenvalue weighted by molar-refractivity contribution is -0.141. The fourth-order valence-corrected chi connectivity index (χ4v) is 3.08. The summed E-state index contributed by atoms with van der Waals surface area (Å²) in [5, 5.41) is 9.76. The van der Waals surface area contributed by atoms with E-state index in [2.05, 4.69) is 22.4 Å². The Kier molecular flexibility index (Phi) is 3.70. The van der Waals surface area contributed by atoms with E-state index in [1.54, 1.807) is 0 Å². The van der Waals surface area contributed by atoms with Gasteiger partial charge < -0.3 is 5.32 Å². The lowest BCUT2D eigenvalue weighted by atomic mass is 10.1. The van der Waals surface area contributed by atoms with Gasteiger partial charge in [0.25, 0.3) is 0 Å². The first-order valence-corrected chi connectivity index (χ1v) is 6.66. The average Bonchev–Trinajstić information content (AvgIpc) is 2.74. The third-order valence-electron chi connectivity index (χ3n) is 2.90. The molecule has 1 aliphatic heterocycles. The summed E-state index contributed by atoms with van der Waals surface area (Å²) < 4.78 is 37.0. The molecule has 1 aromatic rings. The van der Waals surface area contributed by atoms with Gasteiger partial charge in [-0.15, -0.1) is 10.2 Å². The van der Waals surface area contributed by atoms with Crippen molar-refractivity contribution in [3.8, 4) is 0 Å². The summed E-state index contributed by atoms with van der Waals surface area (Å²) in [7, 11) is 0. The van der Waals surface area contributed by atoms with Crippen LogP contribution < -0.4 is 5.32 Å². The Labute approximate surface area is 108 Å². The summed E-state index contributed by atoms with van der Waals surface area (Å²) in [5.74, 6) is 1.52. The van der Waals surface area contributed by atoms with E-state index in [4.69, 9.17) is 0 Å². The number of halogens is 3. The molecule has 1 aromatic heterocycles. The number of nitrogens with zero attached hydrogens (tertiary/aromatic N) is 2. The fourth-order valence-electron chi connectivity index (χ4n) is 1.83. The smallest absolute Gasteiger partial charge is 0.367 e. The molecular formula is C11H14F3N3S. The average molecular weight is 277 g/mol. The van der Waals surface area contributed by atoms with E-state index in [-0.39, 0.29) is 4.75 Å². The molecule has 0 spiro atoms. The molecule has 2 heterocycles. The Morgan fingerprint density at radius 3 is 2.67 bits per heavy atom. The lowest BCUT2D eigenvalue weighted by Gasteiger charge is -2.23. The quantitative estimate of drug-likeness (QED) is 0.920. The second-order valence-corrected chi connectivity index (χ2v) is 6.24.